The topological polar surface area (TPSA) is 67.5 Å². The first-order chi connectivity index (χ1) is 13.1. The van der Waals surface area contributed by atoms with E-state index in [1.54, 1.807) is 32.4 Å². The van der Waals surface area contributed by atoms with Crippen LogP contribution in [-0.4, -0.2) is 35.6 Å². The van der Waals surface area contributed by atoms with E-state index < -0.39 is 0 Å². The molecular formula is C20H20ClN3O3. The van der Waals surface area contributed by atoms with Crippen LogP contribution in [0.4, 0.5) is 0 Å². The molecule has 7 heteroatoms. The molecule has 1 N–H and O–H groups in total. The van der Waals surface area contributed by atoms with Gasteiger partial charge in [-0.3, -0.25) is 9.69 Å². The standard InChI is InChI=1S/C20H20ClN3O3/c1-26-17-7-12-5-6-24(10-13(12)8-18(17)27-2)11-19-22-16-9-14(21)3-4-15(16)20(25)23-19/h3-4,7-9H,5-6,10-11H2,1-2H3,(H,22,23,25). The summed E-state index contributed by atoms with van der Waals surface area (Å²) in [4.78, 5) is 22.0. The largest absolute Gasteiger partial charge is 0.493 e. The van der Waals surface area contributed by atoms with Gasteiger partial charge in [0.1, 0.15) is 5.82 Å². The van der Waals surface area contributed by atoms with Crippen LogP contribution < -0.4 is 15.0 Å². The van der Waals surface area contributed by atoms with Crippen LogP contribution in [0.1, 0.15) is 17.0 Å². The second-order valence-electron chi connectivity index (χ2n) is 6.61. The molecule has 0 bridgehead atoms. The van der Waals surface area contributed by atoms with Crippen molar-refractivity contribution in [2.75, 3.05) is 20.8 Å². The number of benzene rings is 2. The molecule has 0 aliphatic carbocycles. The van der Waals surface area contributed by atoms with Crippen LogP contribution in [0, 0.1) is 0 Å². The zero-order valence-corrected chi connectivity index (χ0v) is 16.0. The van der Waals surface area contributed by atoms with Gasteiger partial charge in [-0.2, -0.15) is 0 Å². The van der Waals surface area contributed by atoms with E-state index in [0.29, 0.717) is 28.3 Å². The van der Waals surface area contributed by atoms with Crippen molar-refractivity contribution in [3.05, 3.63) is 62.7 Å². The van der Waals surface area contributed by atoms with Crippen LogP contribution in [-0.2, 0) is 19.5 Å². The average molecular weight is 386 g/mol. The second-order valence-corrected chi connectivity index (χ2v) is 7.05. The van der Waals surface area contributed by atoms with Gasteiger partial charge in [0.15, 0.2) is 11.5 Å². The van der Waals surface area contributed by atoms with Crippen LogP contribution in [0.25, 0.3) is 10.9 Å². The van der Waals surface area contributed by atoms with E-state index >= 15 is 0 Å². The van der Waals surface area contributed by atoms with Crippen LogP contribution in [0.2, 0.25) is 5.02 Å². The van der Waals surface area contributed by atoms with Gasteiger partial charge in [-0.1, -0.05) is 11.6 Å². The lowest BCUT2D eigenvalue weighted by Gasteiger charge is -2.29. The summed E-state index contributed by atoms with van der Waals surface area (Å²) in [5, 5.41) is 1.11. The minimum absolute atomic E-state index is 0.143. The Morgan fingerprint density at radius 1 is 1.15 bits per heavy atom. The number of halogens is 1. The molecule has 3 aromatic rings. The van der Waals surface area contributed by atoms with Gasteiger partial charge in [-0.05, 0) is 47.9 Å². The van der Waals surface area contributed by atoms with Crippen molar-refractivity contribution in [1.82, 2.24) is 14.9 Å². The van der Waals surface area contributed by atoms with Crippen LogP contribution in [0.3, 0.4) is 0 Å². The molecule has 0 atom stereocenters. The van der Waals surface area contributed by atoms with E-state index in [0.717, 1.165) is 31.0 Å². The molecule has 1 aromatic heterocycles. The highest BCUT2D eigenvalue weighted by Crippen LogP contribution is 2.33. The van der Waals surface area contributed by atoms with Gasteiger partial charge < -0.3 is 14.5 Å². The molecule has 0 spiro atoms. The molecule has 0 amide bonds. The van der Waals surface area contributed by atoms with Crippen molar-refractivity contribution in [3.63, 3.8) is 0 Å². The lowest BCUT2D eigenvalue weighted by molar-refractivity contribution is 0.238. The molecule has 0 saturated carbocycles. The molecule has 2 heterocycles. The van der Waals surface area contributed by atoms with Crippen molar-refractivity contribution < 1.29 is 9.47 Å². The first-order valence-corrected chi connectivity index (χ1v) is 9.10. The molecule has 4 rings (SSSR count). The smallest absolute Gasteiger partial charge is 0.258 e. The van der Waals surface area contributed by atoms with E-state index in [1.165, 1.54) is 11.1 Å². The summed E-state index contributed by atoms with van der Waals surface area (Å²) < 4.78 is 10.8. The third kappa shape index (κ3) is 3.50. The van der Waals surface area contributed by atoms with Crippen molar-refractivity contribution in [2.45, 2.75) is 19.5 Å². The number of methoxy groups -OCH3 is 2. The van der Waals surface area contributed by atoms with Crippen molar-refractivity contribution in [1.29, 1.82) is 0 Å². The first kappa shape index (κ1) is 17.8. The maximum Gasteiger partial charge on any atom is 0.258 e. The Hall–Kier alpha value is -2.57. The molecule has 2 aromatic carbocycles. The number of rotatable bonds is 4. The van der Waals surface area contributed by atoms with E-state index in [4.69, 9.17) is 21.1 Å². The van der Waals surface area contributed by atoms with Crippen LogP contribution in [0.15, 0.2) is 35.1 Å². The Morgan fingerprint density at radius 3 is 2.63 bits per heavy atom. The monoisotopic (exact) mass is 385 g/mol. The third-order valence-corrected chi connectivity index (χ3v) is 5.12. The van der Waals surface area contributed by atoms with Gasteiger partial charge in [0.2, 0.25) is 0 Å². The lowest BCUT2D eigenvalue weighted by atomic mass is 9.99. The molecule has 27 heavy (non-hydrogen) atoms. The molecule has 140 valence electrons. The van der Waals surface area contributed by atoms with Crippen LogP contribution >= 0.6 is 11.6 Å². The second kappa shape index (κ2) is 7.21. The van der Waals surface area contributed by atoms with Gasteiger partial charge in [-0.15, -0.1) is 0 Å². The fourth-order valence-corrected chi connectivity index (χ4v) is 3.69. The van der Waals surface area contributed by atoms with E-state index in [-0.39, 0.29) is 5.56 Å². The van der Waals surface area contributed by atoms with Gasteiger partial charge in [0.25, 0.3) is 5.56 Å². The number of fused-ring (bicyclic) bond motifs is 2. The van der Waals surface area contributed by atoms with Gasteiger partial charge in [-0.25, -0.2) is 4.98 Å². The summed E-state index contributed by atoms with van der Waals surface area (Å²) in [5.41, 5.74) is 2.93. The quantitative estimate of drug-likeness (QED) is 0.747. The fourth-order valence-electron chi connectivity index (χ4n) is 3.52. The Kier molecular flexibility index (Phi) is 4.76. The number of H-pyrrole nitrogens is 1. The number of nitrogens with one attached hydrogen (secondary N) is 1. The predicted molar refractivity (Wildman–Crippen MR) is 105 cm³/mol. The maximum atomic E-state index is 12.3. The SMILES string of the molecule is COc1cc2c(cc1OC)CN(Cc1nc3cc(Cl)ccc3c(=O)[nH]1)CC2. The number of ether oxygens (including phenoxy) is 2. The van der Waals surface area contributed by atoms with Gasteiger partial charge in [0, 0.05) is 18.1 Å². The summed E-state index contributed by atoms with van der Waals surface area (Å²) in [7, 11) is 3.28. The van der Waals surface area contributed by atoms with E-state index in [9.17, 15) is 4.79 Å². The number of nitrogens with zero attached hydrogens (tertiary/aromatic N) is 2. The zero-order chi connectivity index (χ0) is 19.0. The Labute approximate surface area is 161 Å². The molecule has 0 radical (unpaired) electrons. The Morgan fingerprint density at radius 2 is 1.89 bits per heavy atom. The summed E-state index contributed by atoms with van der Waals surface area (Å²) in [5.74, 6) is 2.12. The Balaban J connectivity index is 1.60. The van der Waals surface area contributed by atoms with Crippen molar-refractivity contribution in [2.24, 2.45) is 0 Å². The van der Waals surface area contributed by atoms with Crippen LogP contribution in [0.5, 0.6) is 11.5 Å². The minimum Gasteiger partial charge on any atom is -0.493 e. The summed E-state index contributed by atoms with van der Waals surface area (Å²) in [6.07, 6.45) is 0.902. The van der Waals surface area contributed by atoms with Crippen molar-refractivity contribution in [3.8, 4) is 11.5 Å². The molecule has 1 aliphatic rings. The maximum absolute atomic E-state index is 12.3. The van der Waals surface area contributed by atoms with E-state index in [1.807, 2.05) is 12.1 Å². The molecule has 6 nitrogen and oxygen atoms in total. The van der Waals surface area contributed by atoms with Gasteiger partial charge in [0.05, 0.1) is 31.7 Å². The predicted octanol–water partition coefficient (Wildman–Crippen LogP) is 3.15. The number of hydrogen-bond donors (Lipinski definition) is 1. The average Bonchev–Trinajstić information content (AvgIpc) is 2.66. The third-order valence-electron chi connectivity index (χ3n) is 4.89. The highest BCUT2D eigenvalue weighted by atomic mass is 35.5. The molecule has 0 saturated heterocycles. The summed E-state index contributed by atoms with van der Waals surface area (Å²) >= 11 is 6.04. The molecule has 0 fully saturated rings. The number of aromatic amines is 1. The highest BCUT2D eigenvalue weighted by molar-refractivity contribution is 6.31. The fraction of sp³-hybridized carbons (Fsp3) is 0.300. The molecular weight excluding hydrogens is 366 g/mol. The zero-order valence-electron chi connectivity index (χ0n) is 15.2. The molecule has 1 aliphatic heterocycles. The molecule has 0 unspecified atom stereocenters. The Bertz CT molecular complexity index is 1060. The normalized spacial score (nSPS) is 14.2. The lowest BCUT2D eigenvalue weighted by Crippen LogP contribution is -2.31. The van der Waals surface area contributed by atoms with Gasteiger partial charge >= 0.3 is 0 Å². The highest BCUT2D eigenvalue weighted by Gasteiger charge is 2.20. The summed E-state index contributed by atoms with van der Waals surface area (Å²) in [6, 6.07) is 9.19. The minimum atomic E-state index is -0.143. The number of hydrogen-bond acceptors (Lipinski definition) is 5. The first-order valence-electron chi connectivity index (χ1n) is 8.72. The summed E-state index contributed by atoms with van der Waals surface area (Å²) in [6.45, 7) is 2.19. The number of aromatic nitrogens is 2. The van der Waals surface area contributed by atoms with Crippen molar-refractivity contribution >= 4 is 22.5 Å². The van der Waals surface area contributed by atoms with E-state index in [2.05, 4.69) is 14.9 Å².